The summed E-state index contributed by atoms with van der Waals surface area (Å²) in [5, 5.41) is 6.24. The molecule has 0 unspecified atom stereocenters. The Balaban J connectivity index is 1.73. The van der Waals surface area contributed by atoms with Crippen molar-refractivity contribution >= 4 is 17.3 Å². The average molecular weight is 492 g/mol. The van der Waals surface area contributed by atoms with Gasteiger partial charge >= 0.3 is 0 Å². The van der Waals surface area contributed by atoms with Gasteiger partial charge in [0.15, 0.2) is 0 Å². The summed E-state index contributed by atoms with van der Waals surface area (Å²) in [5.74, 6) is 1.81. The van der Waals surface area contributed by atoms with Crippen molar-refractivity contribution in [1.82, 2.24) is 10.6 Å². The lowest BCUT2D eigenvalue weighted by atomic mass is 9.97. The minimum atomic E-state index is -0.237. The standard InChI is InChI=1S/C29H34FN3O3/c1-19(26-12-21(3)27(30)13-20(26)2)11-22(17-32-28-7-6-10-31-28)8-9-29(34)33-18-23-14-24(35-4)16-25(15-23)36-5/h8-9,11-16H,1,6-7,10,17-18H2,2-5H3,(H,31,32)(H,33,34)/b9-8+,22-11+. The number of benzene rings is 2. The molecule has 6 nitrogen and oxygen atoms in total. The molecule has 2 N–H and O–H groups in total. The molecule has 0 bridgehead atoms. The van der Waals surface area contributed by atoms with Crippen molar-refractivity contribution in [2.75, 3.05) is 27.3 Å². The van der Waals surface area contributed by atoms with Gasteiger partial charge in [-0.25, -0.2) is 4.39 Å². The first-order chi connectivity index (χ1) is 17.3. The van der Waals surface area contributed by atoms with Gasteiger partial charge in [0, 0.05) is 38.2 Å². The molecular weight excluding hydrogens is 457 g/mol. The topological polar surface area (TPSA) is 72.0 Å². The van der Waals surface area contributed by atoms with Gasteiger partial charge in [-0.15, -0.1) is 0 Å². The minimum absolute atomic E-state index is 0.236. The van der Waals surface area contributed by atoms with Crippen LogP contribution in [0.5, 0.6) is 11.5 Å². The second kappa shape index (κ2) is 12.7. The molecule has 2 aromatic carbocycles. The molecule has 3 rings (SSSR count). The molecule has 36 heavy (non-hydrogen) atoms. The van der Waals surface area contributed by atoms with Crippen molar-refractivity contribution in [3.63, 3.8) is 0 Å². The number of allylic oxidation sites excluding steroid dienone is 2. The molecule has 190 valence electrons. The van der Waals surface area contributed by atoms with Crippen LogP contribution in [0.15, 0.2) is 65.7 Å². The van der Waals surface area contributed by atoms with Crippen molar-refractivity contribution in [3.05, 3.63) is 88.8 Å². The Morgan fingerprint density at radius 1 is 1.08 bits per heavy atom. The Morgan fingerprint density at radius 3 is 2.44 bits per heavy atom. The van der Waals surface area contributed by atoms with Gasteiger partial charge in [0.2, 0.25) is 5.91 Å². The first-order valence-electron chi connectivity index (χ1n) is 11.9. The molecule has 0 saturated heterocycles. The smallest absolute Gasteiger partial charge is 0.244 e. The van der Waals surface area contributed by atoms with Gasteiger partial charge in [0.25, 0.3) is 0 Å². The third kappa shape index (κ3) is 7.57. The summed E-state index contributed by atoms with van der Waals surface area (Å²) >= 11 is 0. The second-order valence-corrected chi connectivity index (χ2v) is 8.72. The van der Waals surface area contributed by atoms with Crippen LogP contribution in [0.25, 0.3) is 5.57 Å². The second-order valence-electron chi connectivity index (χ2n) is 8.72. The zero-order chi connectivity index (χ0) is 26.1. The number of methoxy groups -OCH3 is 2. The summed E-state index contributed by atoms with van der Waals surface area (Å²) in [6.07, 6.45) is 7.13. The lowest BCUT2D eigenvalue weighted by Crippen LogP contribution is -2.24. The number of hydrogen-bond acceptors (Lipinski definition) is 5. The maximum Gasteiger partial charge on any atom is 0.244 e. The molecule has 0 spiro atoms. The number of carbonyl (C=O) groups excluding carboxylic acids is 1. The molecule has 2 aromatic rings. The van der Waals surface area contributed by atoms with Gasteiger partial charge in [0.1, 0.15) is 17.3 Å². The zero-order valence-corrected chi connectivity index (χ0v) is 21.4. The van der Waals surface area contributed by atoms with Crippen LogP contribution in [0.4, 0.5) is 4.39 Å². The first-order valence-corrected chi connectivity index (χ1v) is 11.9. The highest BCUT2D eigenvalue weighted by Gasteiger charge is 2.09. The van der Waals surface area contributed by atoms with Crippen molar-refractivity contribution in [1.29, 1.82) is 0 Å². The zero-order valence-electron chi connectivity index (χ0n) is 21.4. The number of ether oxygens (including phenoxy) is 2. The number of halogens is 1. The summed E-state index contributed by atoms with van der Waals surface area (Å²) in [7, 11) is 3.17. The Kier molecular flexibility index (Phi) is 9.45. The summed E-state index contributed by atoms with van der Waals surface area (Å²) in [4.78, 5) is 17.0. The number of nitrogens with one attached hydrogen (secondary N) is 2. The molecule has 0 atom stereocenters. The van der Waals surface area contributed by atoms with Gasteiger partial charge < -0.3 is 20.1 Å². The van der Waals surface area contributed by atoms with E-state index in [4.69, 9.17) is 9.47 Å². The van der Waals surface area contributed by atoms with E-state index in [1.807, 2.05) is 25.1 Å². The van der Waals surface area contributed by atoms with Gasteiger partial charge in [0.05, 0.1) is 20.1 Å². The quantitative estimate of drug-likeness (QED) is 0.360. The van der Waals surface area contributed by atoms with E-state index in [2.05, 4.69) is 22.2 Å². The van der Waals surface area contributed by atoms with E-state index in [0.717, 1.165) is 53.1 Å². The highest BCUT2D eigenvalue weighted by molar-refractivity contribution is 5.88. The van der Waals surface area contributed by atoms with Crippen LogP contribution in [0.3, 0.4) is 0 Å². The maximum atomic E-state index is 13.9. The molecule has 0 aliphatic carbocycles. The van der Waals surface area contributed by atoms with E-state index in [1.165, 1.54) is 12.1 Å². The summed E-state index contributed by atoms with van der Waals surface area (Å²) in [6.45, 7) is 9.44. The highest BCUT2D eigenvalue weighted by atomic mass is 19.1. The maximum absolute atomic E-state index is 13.9. The fourth-order valence-corrected chi connectivity index (χ4v) is 3.87. The number of hydrogen-bond donors (Lipinski definition) is 2. The Hall–Kier alpha value is -3.87. The van der Waals surface area contributed by atoms with Crippen LogP contribution < -0.4 is 20.1 Å². The minimum Gasteiger partial charge on any atom is -0.497 e. The number of amidine groups is 1. The first kappa shape index (κ1) is 26.7. The van der Waals surface area contributed by atoms with Gasteiger partial charge in [-0.05, 0) is 84.0 Å². The summed E-state index contributed by atoms with van der Waals surface area (Å²) < 4.78 is 24.5. The summed E-state index contributed by atoms with van der Waals surface area (Å²) in [6, 6.07) is 8.80. The summed E-state index contributed by atoms with van der Waals surface area (Å²) in [5.41, 5.74) is 4.70. The third-order valence-electron chi connectivity index (χ3n) is 5.91. The Bertz CT molecular complexity index is 1190. The van der Waals surface area contributed by atoms with Crippen LogP contribution in [-0.2, 0) is 11.3 Å². The fraction of sp³-hybridized carbons (Fsp3) is 0.310. The van der Waals surface area contributed by atoms with Crippen molar-refractivity contribution in [2.45, 2.75) is 33.2 Å². The van der Waals surface area contributed by atoms with Crippen LogP contribution in [0, 0.1) is 19.7 Å². The lowest BCUT2D eigenvalue weighted by molar-refractivity contribution is -0.116. The molecule has 1 aliphatic rings. The number of amides is 1. The Morgan fingerprint density at radius 2 is 1.81 bits per heavy atom. The predicted octanol–water partition coefficient (Wildman–Crippen LogP) is 5.05. The SMILES string of the molecule is C=C(/C=C(\C=C\C(=O)NCc1cc(OC)cc(OC)c1)CNC1=NCCC1)c1cc(C)c(F)cc1C. The molecule has 1 heterocycles. The monoisotopic (exact) mass is 491 g/mol. The van der Waals surface area contributed by atoms with E-state index in [0.29, 0.717) is 30.2 Å². The van der Waals surface area contributed by atoms with Gasteiger partial charge in [-0.3, -0.25) is 9.79 Å². The van der Waals surface area contributed by atoms with Gasteiger partial charge in [-0.1, -0.05) is 12.7 Å². The molecular formula is C29H34FN3O3. The van der Waals surface area contributed by atoms with Gasteiger partial charge in [-0.2, -0.15) is 0 Å². The van der Waals surface area contributed by atoms with E-state index in [-0.39, 0.29) is 11.7 Å². The number of carbonyl (C=O) groups is 1. The molecule has 1 amide bonds. The molecule has 0 fully saturated rings. The van der Waals surface area contributed by atoms with Crippen LogP contribution >= 0.6 is 0 Å². The Labute approximate surface area is 212 Å². The number of rotatable bonds is 10. The lowest BCUT2D eigenvalue weighted by Gasteiger charge is -2.11. The molecule has 7 heteroatoms. The van der Waals surface area contributed by atoms with Crippen LogP contribution in [0.2, 0.25) is 0 Å². The average Bonchev–Trinajstić information content (AvgIpc) is 3.39. The van der Waals surface area contributed by atoms with E-state index < -0.39 is 0 Å². The number of nitrogens with zero attached hydrogens (tertiary/aromatic N) is 1. The van der Waals surface area contributed by atoms with Crippen LogP contribution in [0.1, 0.15) is 35.1 Å². The van der Waals surface area contributed by atoms with Crippen molar-refractivity contribution < 1.29 is 18.7 Å². The highest BCUT2D eigenvalue weighted by Crippen LogP contribution is 2.24. The van der Waals surface area contributed by atoms with E-state index in [9.17, 15) is 9.18 Å². The molecule has 1 aliphatic heterocycles. The van der Waals surface area contributed by atoms with E-state index >= 15 is 0 Å². The number of aryl methyl sites for hydroxylation is 2. The normalized spacial score (nSPS) is 13.5. The van der Waals surface area contributed by atoms with Crippen molar-refractivity contribution in [2.24, 2.45) is 4.99 Å². The van der Waals surface area contributed by atoms with E-state index in [1.54, 1.807) is 39.4 Å². The fourth-order valence-electron chi connectivity index (χ4n) is 3.87. The largest absolute Gasteiger partial charge is 0.497 e. The third-order valence-corrected chi connectivity index (χ3v) is 5.91. The van der Waals surface area contributed by atoms with Crippen LogP contribution in [-0.4, -0.2) is 39.1 Å². The van der Waals surface area contributed by atoms with Crippen molar-refractivity contribution in [3.8, 4) is 11.5 Å². The molecule has 0 saturated carbocycles. The number of aliphatic imine (C=N–C) groups is 1. The molecule has 0 aromatic heterocycles. The molecule has 0 radical (unpaired) electrons. The predicted molar refractivity (Wildman–Crippen MR) is 143 cm³/mol.